The lowest BCUT2D eigenvalue weighted by atomic mass is 10.8. The molecule has 1 heterocycles. The molecule has 0 spiro atoms. The van der Waals surface area contributed by atoms with E-state index in [1.807, 2.05) is 0 Å². The first-order valence-electron chi connectivity index (χ1n) is 2.41. The number of hydrogen-bond donors (Lipinski definition) is 0. The number of sulfone groups is 1. The summed E-state index contributed by atoms with van der Waals surface area (Å²) in [6, 6.07) is 0. The van der Waals surface area contributed by atoms with Gasteiger partial charge < -0.3 is 0 Å². The summed E-state index contributed by atoms with van der Waals surface area (Å²) in [6.45, 7) is -0.147. The minimum absolute atomic E-state index is 0.147. The lowest BCUT2D eigenvalue weighted by Gasteiger charge is -1.99. The van der Waals surface area contributed by atoms with E-state index in [2.05, 4.69) is 8.37 Å². The summed E-state index contributed by atoms with van der Waals surface area (Å²) in [5.41, 5.74) is -1.06. The first-order chi connectivity index (χ1) is 4.50. The molecule has 5 nitrogen and oxygen atoms in total. The molecule has 0 amide bonds. The zero-order chi connectivity index (χ0) is 7.78. The van der Waals surface area contributed by atoms with Crippen LogP contribution in [0.25, 0.3) is 0 Å². The van der Waals surface area contributed by atoms with Crippen molar-refractivity contribution in [1.29, 1.82) is 0 Å². The third kappa shape index (κ3) is 1.75. The highest BCUT2D eigenvalue weighted by Gasteiger charge is 2.31. The Bertz CT molecular complexity index is 242. The van der Waals surface area contributed by atoms with Gasteiger partial charge in [-0.15, -0.1) is 0 Å². The molecule has 1 rings (SSSR count). The standard InChI is InChI=1S/C3H6O5S2/c1-10(5,6)3-2-7-9(4)8-3/h3H,2H2,1H3. The van der Waals surface area contributed by atoms with E-state index in [1.54, 1.807) is 0 Å². The van der Waals surface area contributed by atoms with Gasteiger partial charge in [0, 0.05) is 6.26 Å². The fourth-order valence-electron chi connectivity index (χ4n) is 0.449. The van der Waals surface area contributed by atoms with E-state index in [4.69, 9.17) is 0 Å². The predicted molar refractivity (Wildman–Crippen MR) is 33.8 cm³/mol. The van der Waals surface area contributed by atoms with Crippen LogP contribution in [0.15, 0.2) is 0 Å². The molecule has 0 aromatic carbocycles. The third-order valence-corrected chi connectivity index (χ3v) is 2.99. The summed E-state index contributed by atoms with van der Waals surface area (Å²) in [6.07, 6.45) is 1.00. The molecule has 0 radical (unpaired) electrons. The molecule has 1 saturated heterocycles. The molecule has 0 saturated carbocycles. The molecule has 0 aromatic rings. The summed E-state index contributed by atoms with van der Waals surface area (Å²) >= 11 is -1.88. The Morgan fingerprint density at radius 2 is 2.20 bits per heavy atom. The maximum Gasteiger partial charge on any atom is 0.306 e. The van der Waals surface area contributed by atoms with E-state index in [-0.39, 0.29) is 6.61 Å². The molecule has 0 N–H and O–H groups in total. The number of hydrogen-bond acceptors (Lipinski definition) is 5. The van der Waals surface area contributed by atoms with Crippen molar-refractivity contribution in [3.63, 3.8) is 0 Å². The highest BCUT2D eigenvalue weighted by molar-refractivity contribution is 7.91. The van der Waals surface area contributed by atoms with Gasteiger partial charge in [-0.05, 0) is 0 Å². The normalized spacial score (nSPS) is 34.5. The summed E-state index contributed by atoms with van der Waals surface area (Å²) in [4.78, 5) is 0. The minimum atomic E-state index is -3.28. The van der Waals surface area contributed by atoms with Gasteiger partial charge in [-0.2, -0.15) is 4.21 Å². The monoisotopic (exact) mass is 186 g/mol. The van der Waals surface area contributed by atoms with E-state index in [1.165, 1.54) is 0 Å². The Balaban J connectivity index is 2.71. The van der Waals surface area contributed by atoms with Crippen molar-refractivity contribution in [3.05, 3.63) is 0 Å². The third-order valence-electron chi connectivity index (χ3n) is 0.964. The van der Waals surface area contributed by atoms with Gasteiger partial charge in [0.05, 0.1) is 0 Å². The summed E-state index contributed by atoms with van der Waals surface area (Å²) < 4.78 is 40.3. The van der Waals surface area contributed by atoms with Crippen molar-refractivity contribution in [2.75, 3.05) is 12.9 Å². The number of rotatable bonds is 1. The van der Waals surface area contributed by atoms with Crippen molar-refractivity contribution in [2.24, 2.45) is 0 Å². The maximum atomic E-state index is 10.6. The Kier molecular flexibility index (Phi) is 2.09. The molecule has 2 atom stereocenters. The van der Waals surface area contributed by atoms with Gasteiger partial charge in [-0.3, -0.25) is 4.18 Å². The largest absolute Gasteiger partial charge is 0.306 e. The molecular weight excluding hydrogens is 180 g/mol. The molecule has 1 aliphatic heterocycles. The highest BCUT2D eigenvalue weighted by atomic mass is 32.2. The van der Waals surface area contributed by atoms with Crippen LogP contribution in [0.2, 0.25) is 0 Å². The molecule has 0 aromatic heterocycles. The van der Waals surface area contributed by atoms with Crippen molar-refractivity contribution >= 4 is 21.2 Å². The SMILES string of the molecule is CS(=O)(=O)C1COS(=O)O1. The van der Waals surface area contributed by atoms with Crippen LogP contribution in [0.1, 0.15) is 0 Å². The van der Waals surface area contributed by atoms with Gasteiger partial charge in [-0.1, -0.05) is 0 Å². The molecular formula is C3H6O5S2. The van der Waals surface area contributed by atoms with Gasteiger partial charge in [0.25, 0.3) is 0 Å². The average molecular weight is 186 g/mol. The zero-order valence-corrected chi connectivity index (χ0v) is 6.78. The van der Waals surface area contributed by atoms with Crippen LogP contribution >= 0.6 is 0 Å². The summed E-state index contributed by atoms with van der Waals surface area (Å²) in [5, 5.41) is 0. The minimum Gasteiger partial charge on any atom is -0.265 e. The Hall–Kier alpha value is 0.0200. The first kappa shape index (κ1) is 8.12. The second-order valence-electron chi connectivity index (χ2n) is 1.84. The van der Waals surface area contributed by atoms with Gasteiger partial charge in [-0.25, -0.2) is 12.6 Å². The topological polar surface area (TPSA) is 69.7 Å². The molecule has 7 heteroatoms. The van der Waals surface area contributed by atoms with E-state index in [0.29, 0.717) is 0 Å². The van der Waals surface area contributed by atoms with E-state index in [0.717, 1.165) is 6.26 Å². The molecule has 1 fully saturated rings. The van der Waals surface area contributed by atoms with Gasteiger partial charge in [0.15, 0.2) is 9.84 Å². The van der Waals surface area contributed by atoms with Crippen LogP contribution in [0, 0.1) is 0 Å². The van der Waals surface area contributed by atoms with Crippen LogP contribution < -0.4 is 0 Å². The molecule has 60 valence electrons. The maximum absolute atomic E-state index is 10.6. The second kappa shape index (κ2) is 2.57. The summed E-state index contributed by atoms with van der Waals surface area (Å²) in [5.74, 6) is 0. The second-order valence-corrected chi connectivity index (χ2v) is 4.87. The van der Waals surface area contributed by atoms with E-state index >= 15 is 0 Å². The van der Waals surface area contributed by atoms with Crippen LogP contribution in [-0.2, 0) is 29.6 Å². The van der Waals surface area contributed by atoms with E-state index < -0.39 is 26.6 Å². The van der Waals surface area contributed by atoms with Crippen molar-refractivity contribution in [1.82, 2.24) is 0 Å². The molecule has 1 aliphatic rings. The lowest BCUT2D eigenvalue weighted by molar-refractivity contribution is 0.316. The van der Waals surface area contributed by atoms with Crippen LogP contribution in [0.5, 0.6) is 0 Å². The highest BCUT2D eigenvalue weighted by Crippen LogP contribution is 2.12. The predicted octanol–water partition coefficient (Wildman–Crippen LogP) is -1.02. The lowest BCUT2D eigenvalue weighted by Crippen LogP contribution is -2.21. The van der Waals surface area contributed by atoms with Crippen LogP contribution in [0.4, 0.5) is 0 Å². The van der Waals surface area contributed by atoms with Crippen LogP contribution in [-0.4, -0.2) is 30.9 Å². The Morgan fingerprint density at radius 1 is 1.60 bits per heavy atom. The first-order valence-corrected chi connectivity index (χ1v) is 5.36. The molecule has 0 aliphatic carbocycles. The van der Waals surface area contributed by atoms with Crippen LogP contribution in [0.3, 0.4) is 0 Å². The molecule has 2 unspecified atom stereocenters. The smallest absolute Gasteiger partial charge is 0.265 e. The van der Waals surface area contributed by atoms with E-state index in [9.17, 15) is 12.6 Å². The van der Waals surface area contributed by atoms with Gasteiger partial charge in [0.2, 0.25) is 5.44 Å². The Labute approximate surface area is 61.1 Å². The fourth-order valence-corrected chi connectivity index (χ4v) is 2.14. The van der Waals surface area contributed by atoms with Gasteiger partial charge >= 0.3 is 11.4 Å². The molecule has 0 bridgehead atoms. The average Bonchev–Trinajstić information content (AvgIpc) is 2.11. The molecule has 10 heavy (non-hydrogen) atoms. The summed E-state index contributed by atoms with van der Waals surface area (Å²) in [7, 11) is -3.28. The quantitative estimate of drug-likeness (QED) is 0.524. The van der Waals surface area contributed by atoms with Crippen molar-refractivity contribution in [3.8, 4) is 0 Å². The van der Waals surface area contributed by atoms with Crippen molar-refractivity contribution < 1.29 is 21.0 Å². The Morgan fingerprint density at radius 3 is 2.40 bits per heavy atom. The van der Waals surface area contributed by atoms with Crippen molar-refractivity contribution in [2.45, 2.75) is 5.44 Å². The zero-order valence-electron chi connectivity index (χ0n) is 5.14. The van der Waals surface area contributed by atoms with Gasteiger partial charge in [0.1, 0.15) is 6.61 Å². The fraction of sp³-hybridized carbons (Fsp3) is 1.00.